The molecule has 1 aromatic carbocycles. The number of rotatable bonds is 1. The molecule has 0 N–H and O–H groups in total. The van der Waals surface area contributed by atoms with E-state index in [1.54, 1.807) is 6.07 Å². The molecular weight excluding hydrogens is 463 g/mol. The number of ether oxygens (including phenoxy) is 1. The molecule has 2 aliphatic rings. The highest BCUT2D eigenvalue weighted by molar-refractivity contribution is 7.22. The van der Waals surface area contributed by atoms with Gasteiger partial charge in [-0.2, -0.15) is 17.7 Å². The summed E-state index contributed by atoms with van der Waals surface area (Å²) >= 11 is 7.77. The maximum absolute atomic E-state index is 13.5. The monoisotopic (exact) mass is 479 g/mol. The third kappa shape index (κ3) is 2.88. The predicted molar refractivity (Wildman–Crippen MR) is 117 cm³/mol. The second-order valence-electron chi connectivity index (χ2n) is 8.55. The molecule has 6 nitrogen and oxygen atoms in total. The number of aromatic nitrogens is 4. The van der Waals surface area contributed by atoms with Crippen LogP contribution >= 0.6 is 22.9 Å². The van der Waals surface area contributed by atoms with Gasteiger partial charge in [-0.25, -0.2) is 0 Å². The fraction of sp³-hybridized carbons (Fsp3) is 0.381. The number of thiophene rings is 1. The third-order valence-corrected chi connectivity index (χ3v) is 7.77. The Morgan fingerprint density at radius 2 is 2.03 bits per heavy atom. The number of hydrogen-bond donors (Lipinski definition) is 0. The van der Waals surface area contributed by atoms with Crippen LogP contribution in [-0.4, -0.2) is 40.0 Å². The zero-order chi connectivity index (χ0) is 22.3. The number of benzene rings is 1. The minimum absolute atomic E-state index is 0.0937. The van der Waals surface area contributed by atoms with Gasteiger partial charge in [-0.3, -0.25) is 0 Å². The lowest BCUT2D eigenvalue weighted by molar-refractivity contribution is -0.136. The van der Waals surface area contributed by atoms with Gasteiger partial charge in [0.25, 0.3) is 0 Å². The van der Waals surface area contributed by atoms with E-state index in [1.165, 1.54) is 34.4 Å². The van der Waals surface area contributed by atoms with E-state index < -0.39 is 11.7 Å². The Bertz CT molecular complexity index is 1380. The van der Waals surface area contributed by atoms with Crippen molar-refractivity contribution in [3.63, 3.8) is 0 Å². The van der Waals surface area contributed by atoms with Crippen molar-refractivity contribution in [1.29, 1.82) is 0 Å². The number of nitrogens with zero attached hydrogens (tertiary/aromatic N) is 5. The van der Waals surface area contributed by atoms with Gasteiger partial charge in [0, 0.05) is 29.1 Å². The minimum atomic E-state index is -4.44. The van der Waals surface area contributed by atoms with Crippen LogP contribution in [0.4, 0.5) is 18.9 Å². The molecule has 4 heterocycles. The Kier molecular flexibility index (Phi) is 4.20. The van der Waals surface area contributed by atoms with Crippen LogP contribution < -0.4 is 9.64 Å². The van der Waals surface area contributed by atoms with E-state index in [0.29, 0.717) is 39.1 Å². The summed E-state index contributed by atoms with van der Waals surface area (Å²) < 4.78 is 48.6. The first-order valence-electron chi connectivity index (χ1n) is 10.1. The molecule has 1 spiro atoms. The van der Waals surface area contributed by atoms with E-state index in [-0.39, 0.29) is 16.0 Å². The van der Waals surface area contributed by atoms with Gasteiger partial charge >= 0.3 is 6.18 Å². The first-order chi connectivity index (χ1) is 15.3. The largest absolute Gasteiger partial charge is 0.487 e. The molecule has 0 saturated heterocycles. The van der Waals surface area contributed by atoms with Gasteiger partial charge < -0.3 is 9.64 Å². The minimum Gasteiger partial charge on any atom is -0.487 e. The van der Waals surface area contributed by atoms with Crippen molar-refractivity contribution in [3.8, 4) is 16.5 Å². The molecule has 32 heavy (non-hydrogen) atoms. The van der Waals surface area contributed by atoms with Crippen LogP contribution in [0.2, 0.25) is 5.15 Å². The predicted octanol–water partition coefficient (Wildman–Crippen LogP) is 5.68. The second-order valence-corrected chi connectivity index (χ2v) is 9.99. The smallest absolute Gasteiger partial charge is 0.417 e. The molecular formula is C21H17ClF3N5OS. The number of anilines is 1. The fourth-order valence-corrected chi connectivity index (χ4v) is 6.08. The molecule has 0 amide bonds. The summed E-state index contributed by atoms with van der Waals surface area (Å²) in [6, 6.07) is 5.62. The van der Waals surface area contributed by atoms with Crippen LogP contribution in [0.25, 0.3) is 26.4 Å². The van der Waals surface area contributed by atoms with Crippen molar-refractivity contribution in [3.05, 3.63) is 35.0 Å². The fourth-order valence-electron chi connectivity index (χ4n) is 4.72. The summed E-state index contributed by atoms with van der Waals surface area (Å²) in [6.45, 7) is 1.37. The molecule has 6 rings (SSSR count). The third-order valence-electron chi connectivity index (χ3n) is 6.42. The van der Waals surface area contributed by atoms with Crippen LogP contribution in [0.15, 0.2) is 24.3 Å². The lowest BCUT2D eigenvalue weighted by Gasteiger charge is -2.42. The summed E-state index contributed by atoms with van der Waals surface area (Å²) in [5.74, 6) is 0.833. The van der Waals surface area contributed by atoms with Gasteiger partial charge in [0.15, 0.2) is 16.7 Å². The standard InChI is InChI=1S/C21H17ClF3N5OS/c1-29-9-20(6-3-7-20)10-31-16-15(29)17(22)28-30-18(26-27-19(16)30)14-8-11-12(21(23,24)25)4-2-5-13(11)32-14/h2,4-5,8H,3,6-7,9-10H2,1H3. The van der Waals surface area contributed by atoms with Crippen molar-refractivity contribution in [2.45, 2.75) is 25.4 Å². The van der Waals surface area contributed by atoms with Gasteiger partial charge in [-0.15, -0.1) is 26.6 Å². The molecule has 166 valence electrons. The summed E-state index contributed by atoms with van der Waals surface area (Å²) in [6.07, 6.45) is -1.09. The normalized spacial score (nSPS) is 18.0. The van der Waals surface area contributed by atoms with Gasteiger partial charge in [0.05, 0.1) is 17.0 Å². The summed E-state index contributed by atoms with van der Waals surface area (Å²) in [5.41, 5.74) is 0.479. The first-order valence-corrected chi connectivity index (χ1v) is 11.3. The van der Waals surface area contributed by atoms with Gasteiger partial charge in [-0.05, 0) is 31.0 Å². The second kappa shape index (κ2) is 6.71. The highest BCUT2D eigenvalue weighted by atomic mass is 35.5. The van der Waals surface area contributed by atoms with Crippen LogP contribution in [0, 0.1) is 5.41 Å². The molecule has 1 aliphatic carbocycles. The molecule has 3 aromatic heterocycles. The lowest BCUT2D eigenvalue weighted by atomic mass is 9.69. The lowest BCUT2D eigenvalue weighted by Crippen LogP contribution is -2.43. The molecule has 1 fully saturated rings. The molecule has 0 unspecified atom stereocenters. The van der Waals surface area contributed by atoms with Crippen LogP contribution in [0.3, 0.4) is 0 Å². The first kappa shape index (κ1) is 20.0. The summed E-state index contributed by atoms with van der Waals surface area (Å²) in [7, 11) is 1.96. The van der Waals surface area contributed by atoms with E-state index in [4.69, 9.17) is 16.3 Å². The molecule has 4 aromatic rings. The van der Waals surface area contributed by atoms with Crippen LogP contribution in [0.1, 0.15) is 24.8 Å². The van der Waals surface area contributed by atoms with Gasteiger partial charge in [0.2, 0.25) is 5.65 Å². The molecule has 0 bridgehead atoms. The van der Waals surface area contributed by atoms with Crippen molar-refractivity contribution >= 4 is 44.4 Å². The van der Waals surface area contributed by atoms with E-state index in [2.05, 4.69) is 20.2 Å². The Hall–Kier alpha value is -2.59. The SMILES string of the molecule is CN1CC2(CCC2)COc2c1c(Cl)nn1c(-c3cc4c(C(F)(F)F)cccc4s3)nnc21. The zero-order valence-electron chi connectivity index (χ0n) is 16.9. The maximum Gasteiger partial charge on any atom is 0.417 e. The van der Waals surface area contributed by atoms with Gasteiger partial charge in [-0.1, -0.05) is 24.1 Å². The highest BCUT2D eigenvalue weighted by Crippen LogP contribution is 2.49. The van der Waals surface area contributed by atoms with E-state index in [1.807, 2.05) is 7.05 Å². The summed E-state index contributed by atoms with van der Waals surface area (Å²) in [5, 5.41) is 13.4. The van der Waals surface area contributed by atoms with Crippen molar-refractivity contribution < 1.29 is 17.9 Å². The maximum atomic E-state index is 13.5. The average Bonchev–Trinajstić information content (AvgIpc) is 3.27. The Morgan fingerprint density at radius 3 is 2.75 bits per heavy atom. The molecule has 0 radical (unpaired) electrons. The number of fused-ring (bicyclic) bond motifs is 4. The molecule has 1 saturated carbocycles. The van der Waals surface area contributed by atoms with E-state index in [9.17, 15) is 13.2 Å². The molecule has 11 heteroatoms. The molecule has 0 atom stereocenters. The number of alkyl halides is 3. The topological polar surface area (TPSA) is 55.5 Å². The Balaban J connectivity index is 1.51. The Labute approximate surface area is 189 Å². The zero-order valence-corrected chi connectivity index (χ0v) is 18.5. The van der Waals surface area contributed by atoms with Crippen LogP contribution in [0.5, 0.6) is 5.75 Å². The van der Waals surface area contributed by atoms with Crippen molar-refractivity contribution in [2.24, 2.45) is 5.41 Å². The van der Waals surface area contributed by atoms with E-state index >= 15 is 0 Å². The number of halogens is 4. The quantitative estimate of drug-likeness (QED) is 0.352. The molecule has 1 aliphatic heterocycles. The van der Waals surface area contributed by atoms with Crippen LogP contribution in [-0.2, 0) is 6.18 Å². The van der Waals surface area contributed by atoms with Gasteiger partial charge in [0.1, 0.15) is 5.69 Å². The summed E-state index contributed by atoms with van der Waals surface area (Å²) in [4.78, 5) is 2.57. The average molecular weight is 480 g/mol. The Morgan fingerprint density at radius 1 is 1.22 bits per heavy atom. The van der Waals surface area contributed by atoms with Crippen molar-refractivity contribution in [1.82, 2.24) is 19.8 Å². The number of hydrogen-bond acceptors (Lipinski definition) is 6. The highest BCUT2D eigenvalue weighted by Gasteiger charge is 2.42. The van der Waals surface area contributed by atoms with E-state index in [0.717, 1.165) is 25.5 Å². The van der Waals surface area contributed by atoms with Crippen molar-refractivity contribution in [2.75, 3.05) is 25.1 Å².